The molecule has 0 aliphatic rings. The van der Waals surface area contributed by atoms with Crippen molar-refractivity contribution < 1.29 is 29.0 Å². The zero-order chi connectivity index (χ0) is 28.0. The number of hydrogen-bond donors (Lipinski definition) is 5. The molecule has 37 heavy (non-hydrogen) atoms. The maximum absolute atomic E-state index is 12.9. The summed E-state index contributed by atoms with van der Waals surface area (Å²) >= 11 is 0. The van der Waals surface area contributed by atoms with Crippen LogP contribution in [0.4, 0.5) is 0 Å². The molecule has 0 heterocycles. The van der Waals surface area contributed by atoms with Crippen LogP contribution in [0.3, 0.4) is 0 Å². The van der Waals surface area contributed by atoms with E-state index in [-0.39, 0.29) is 30.2 Å². The van der Waals surface area contributed by atoms with E-state index in [4.69, 9.17) is 15.2 Å². The maximum atomic E-state index is 12.9. The molecule has 0 fully saturated rings. The lowest BCUT2D eigenvalue weighted by Gasteiger charge is -2.29. The average molecular weight is 523 g/mol. The van der Waals surface area contributed by atoms with Crippen molar-refractivity contribution >= 4 is 17.7 Å². The van der Waals surface area contributed by atoms with E-state index in [0.717, 1.165) is 12.8 Å². The van der Waals surface area contributed by atoms with Crippen molar-refractivity contribution in [3.63, 3.8) is 0 Å². The molecule has 0 unspecified atom stereocenters. The van der Waals surface area contributed by atoms with Crippen LogP contribution in [0.15, 0.2) is 24.3 Å². The summed E-state index contributed by atoms with van der Waals surface area (Å²) in [6, 6.07) is 6.51. The zero-order valence-electron chi connectivity index (χ0n) is 23.1. The normalized spacial score (nSPS) is 14.0. The van der Waals surface area contributed by atoms with Gasteiger partial charge in [-0.3, -0.25) is 14.4 Å². The molecule has 0 aromatic heterocycles. The van der Waals surface area contributed by atoms with Gasteiger partial charge in [0.05, 0.1) is 18.3 Å². The predicted octanol–water partition coefficient (Wildman–Crippen LogP) is 1.60. The van der Waals surface area contributed by atoms with Gasteiger partial charge in [-0.1, -0.05) is 26.0 Å². The van der Waals surface area contributed by atoms with E-state index in [1.807, 2.05) is 19.9 Å². The first kappa shape index (κ1) is 32.3. The van der Waals surface area contributed by atoms with Gasteiger partial charge in [0.2, 0.25) is 11.8 Å². The van der Waals surface area contributed by atoms with E-state index < -0.39 is 23.6 Å². The number of rotatable bonds is 17. The number of hydrogen-bond acceptors (Lipinski definition) is 7. The summed E-state index contributed by atoms with van der Waals surface area (Å²) in [4.78, 5) is 36.6. The average Bonchev–Trinajstić information content (AvgIpc) is 2.83. The monoisotopic (exact) mass is 522 g/mol. The summed E-state index contributed by atoms with van der Waals surface area (Å²) < 4.78 is 10.9. The van der Waals surface area contributed by atoms with Gasteiger partial charge in [0.1, 0.15) is 11.3 Å². The lowest BCUT2D eigenvalue weighted by Crippen LogP contribution is -2.56. The Balaban J connectivity index is 2.64. The fourth-order valence-corrected chi connectivity index (χ4v) is 3.79. The zero-order valence-corrected chi connectivity index (χ0v) is 23.1. The number of methoxy groups -OCH3 is 1. The van der Waals surface area contributed by atoms with Crippen molar-refractivity contribution in [3.8, 4) is 5.75 Å². The summed E-state index contributed by atoms with van der Waals surface area (Å²) in [5.74, 6) is -0.249. The Bertz CT molecular complexity index is 861. The van der Waals surface area contributed by atoms with Crippen LogP contribution < -0.4 is 26.4 Å². The minimum absolute atomic E-state index is 0.00208. The lowest BCUT2D eigenvalue weighted by molar-refractivity contribution is -0.131. The van der Waals surface area contributed by atoms with Crippen LogP contribution in [0, 0.1) is 11.8 Å². The van der Waals surface area contributed by atoms with E-state index in [1.54, 1.807) is 39.2 Å². The molecule has 1 rings (SSSR count). The summed E-state index contributed by atoms with van der Waals surface area (Å²) in [7, 11) is 1.66. The van der Waals surface area contributed by atoms with Gasteiger partial charge in [-0.2, -0.15) is 0 Å². The molecule has 1 aromatic carbocycles. The molecule has 0 spiro atoms. The second-order valence-corrected chi connectivity index (χ2v) is 10.2. The van der Waals surface area contributed by atoms with E-state index in [2.05, 4.69) is 16.0 Å². The summed E-state index contributed by atoms with van der Waals surface area (Å²) in [5, 5.41) is 18.7. The highest BCUT2D eigenvalue weighted by Crippen LogP contribution is 2.20. The minimum atomic E-state index is -1.11. The number of aliphatic hydroxyl groups excluding tert-OH is 1. The van der Waals surface area contributed by atoms with Crippen LogP contribution >= 0.6 is 0 Å². The molecule has 0 saturated carbocycles. The molecular weight excluding hydrogens is 476 g/mol. The highest BCUT2D eigenvalue weighted by molar-refractivity contribution is 5.96. The Morgan fingerprint density at radius 1 is 1.05 bits per heavy atom. The van der Waals surface area contributed by atoms with E-state index in [0.29, 0.717) is 37.5 Å². The Hall–Kier alpha value is -2.69. The molecule has 0 radical (unpaired) electrons. The molecule has 0 aliphatic carbocycles. The van der Waals surface area contributed by atoms with Gasteiger partial charge in [0, 0.05) is 39.8 Å². The molecule has 6 N–H and O–H groups in total. The summed E-state index contributed by atoms with van der Waals surface area (Å²) in [6.07, 6.45) is 1.16. The smallest absolute Gasteiger partial charge is 0.255 e. The Morgan fingerprint density at radius 3 is 2.32 bits per heavy atom. The van der Waals surface area contributed by atoms with Gasteiger partial charge in [0.15, 0.2) is 0 Å². The molecule has 0 bridgehead atoms. The van der Waals surface area contributed by atoms with Gasteiger partial charge in [-0.05, 0) is 57.1 Å². The number of ether oxygens (including phenoxy) is 2. The minimum Gasteiger partial charge on any atom is -0.493 e. The first-order valence-electron chi connectivity index (χ1n) is 12.9. The second kappa shape index (κ2) is 16.2. The second-order valence-electron chi connectivity index (χ2n) is 10.2. The highest BCUT2D eigenvalue weighted by Gasteiger charge is 2.30. The standard InChI is InChI=1S/C27H46N4O6/c1-18(2)20(15-22(28)23(33)17-30-26(35)27(4,5)31-19(3)32)16-29-25(34)21-11-7-8-12-24(21)37-14-10-9-13-36-6/h7-8,11-12,18,20,22-23,33H,9-10,13-17,28H2,1-6H3,(H,29,34)(H,30,35)(H,31,32)/t20-,22+,23+/m1/s1. The molecule has 3 atom stereocenters. The van der Waals surface area contributed by atoms with Crippen LogP contribution in [-0.2, 0) is 14.3 Å². The lowest BCUT2D eigenvalue weighted by atomic mass is 9.87. The highest BCUT2D eigenvalue weighted by atomic mass is 16.5. The van der Waals surface area contributed by atoms with E-state index in [9.17, 15) is 19.5 Å². The topological polar surface area (TPSA) is 152 Å². The van der Waals surface area contributed by atoms with Gasteiger partial charge >= 0.3 is 0 Å². The fourth-order valence-electron chi connectivity index (χ4n) is 3.79. The first-order valence-corrected chi connectivity index (χ1v) is 12.9. The van der Waals surface area contributed by atoms with Crippen molar-refractivity contribution in [1.82, 2.24) is 16.0 Å². The van der Waals surface area contributed by atoms with Gasteiger partial charge in [-0.15, -0.1) is 0 Å². The molecule has 1 aromatic rings. The SMILES string of the molecule is COCCCCOc1ccccc1C(=O)NC[C@@H](C[C@H](N)[C@@H](O)CNC(=O)C(C)(C)NC(C)=O)C(C)C. The number of unbranched alkanes of at least 4 members (excludes halogenated alkanes) is 1. The number of carbonyl (C=O) groups excluding carboxylic acids is 3. The third kappa shape index (κ3) is 11.9. The van der Waals surface area contributed by atoms with Crippen LogP contribution in [-0.4, -0.2) is 73.9 Å². The van der Waals surface area contributed by atoms with Crippen molar-refractivity contribution in [2.75, 3.05) is 33.4 Å². The Labute approximate surface area is 221 Å². The first-order chi connectivity index (χ1) is 17.4. The quantitative estimate of drug-likeness (QED) is 0.195. The van der Waals surface area contributed by atoms with Crippen molar-refractivity contribution in [1.29, 1.82) is 0 Å². The Kier molecular flexibility index (Phi) is 14.2. The summed E-state index contributed by atoms with van der Waals surface area (Å²) in [6.45, 7) is 10.1. The third-order valence-electron chi connectivity index (χ3n) is 6.20. The number of para-hydroxylation sites is 1. The molecule has 10 heteroatoms. The van der Waals surface area contributed by atoms with Crippen molar-refractivity contribution in [2.24, 2.45) is 17.6 Å². The van der Waals surface area contributed by atoms with Crippen LogP contribution in [0.2, 0.25) is 0 Å². The molecule has 0 aliphatic heterocycles. The number of aliphatic hydroxyl groups is 1. The molecule has 3 amide bonds. The third-order valence-corrected chi connectivity index (χ3v) is 6.20. The molecule has 210 valence electrons. The molecule has 10 nitrogen and oxygen atoms in total. The fraction of sp³-hybridized carbons (Fsp3) is 0.667. The van der Waals surface area contributed by atoms with E-state index >= 15 is 0 Å². The van der Waals surface area contributed by atoms with Gasteiger partial charge in [0.25, 0.3) is 5.91 Å². The van der Waals surface area contributed by atoms with E-state index in [1.165, 1.54) is 6.92 Å². The number of benzene rings is 1. The van der Waals surface area contributed by atoms with Crippen molar-refractivity contribution in [3.05, 3.63) is 29.8 Å². The molecule has 0 saturated heterocycles. The maximum Gasteiger partial charge on any atom is 0.255 e. The van der Waals surface area contributed by atoms with Crippen LogP contribution in [0.25, 0.3) is 0 Å². The molecular formula is C27H46N4O6. The number of nitrogens with one attached hydrogen (secondary N) is 3. The van der Waals surface area contributed by atoms with Crippen LogP contribution in [0.1, 0.15) is 64.2 Å². The summed E-state index contributed by atoms with van der Waals surface area (Å²) in [5.41, 5.74) is 5.61. The largest absolute Gasteiger partial charge is 0.493 e. The number of carbonyl (C=O) groups is 3. The predicted molar refractivity (Wildman–Crippen MR) is 143 cm³/mol. The van der Waals surface area contributed by atoms with Gasteiger partial charge in [-0.25, -0.2) is 0 Å². The number of amides is 3. The number of nitrogens with two attached hydrogens (primary N) is 1. The Morgan fingerprint density at radius 2 is 1.70 bits per heavy atom. The van der Waals surface area contributed by atoms with Gasteiger partial charge < -0.3 is 36.3 Å². The van der Waals surface area contributed by atoms with Crippen molar-refractivity contribution in [2.45, 2.75) is 71.6 Å². The van der Waals surface area contributed by atoms with Crippen LogP contribution in [0.5, 0.6) is 5.75 Å².